The van der Waals surface area contributed by atoms with E-state index in [2.05, 4.69) is 37.9 Å². The topological polar surface area (TPSA) is 80.7 Å². The Morgan fingerprint density at radius 2 is 1.94 bits per heavy atom. The molecule has 8 heteroatoms. The van der Waals surface area contributed by atoms with Crippen molar-refractivity contribution in [2.24, 2.45) is 4.99 Å². The van der Waals surface area contributed by atoms with Crippen LogP contribution in [0.3, 0.4) is 0 Å². The van der Waals surface area contributed by atoms with Gasteiger partial charge in [0.1, 0.15) is 0 Å². The van der Waals surface area contributed by atoms with E-state index in [0.717, 1.165) is 41.7 Å². The van der Waals surface area contributed by atoms with Gasteiger partial charge in [-0.1, -0.05) is 18.2 Å². The largest absolute Gasteiger partial charge is 0.490 e. The number of thiazole rings is 1. The molecular formula is C23H29N5O2S. The lowest BCUT2D eigenvalue weighted by Gasteiger charge is -2.11. The van der Waals surface area contributed by atoms with E-state index < -0.39 is 0 Å². The highest BCUT2D eigenvalue weighted by Gasteiger charge is 2.06. The molecule has 0 saturated carbocycles. The number of nitrogens with one attached hydrogen (secondary N) is 2. The smallest absolute Gasteiger partial charge is 0.219 e. The number of aryl methyl sites for hydroxylation is 1. The van der Waals surface area contributed by atoms with Gasteiger partial charge in [-0.15, -0.1) is 11.3 Å². The Hall–Kier alpha value is -3.13. The van der Waals surface area contributed by atoms with Crippen LogP contribution in [0.15, 0.2) is 53.0 Å². The van der Waals surface area contributed by atoms with E-state index in [1.165, 1.54) is 0 Å². The molecule has 0 bridgehead atoms. The lowest BCUT2D eigenvalue weighted by atomic mass is 10.3. The molecular weight excluding hydrogens is 410 g/mol. The Kier molecular flexibility index (Phi) is 8.66. The molecule has 0 atom stereocenters. The minimum Gasteiger partial charge on any atom is -0.490 e. The highest BCUT2D eigenvalue weighted by atomic mass is 32.1. The normalized spacial score (nSPS) is 11.3. The van der Waals surface area contributed by atoms with Gasteiger partial charge >= 0.3 is 0 Å². The second-order valence-electron chi connectivity index (χ2n) is 6.72. The molecule has 0 aliphatic heterocycles. The van der Waals surface area contributed by atoms with E-state index in [0.29, 0.717) is 30.5 Å². The maximum atomic E-state index is 5.88. The standard InChI is InChI=1S/C23H29N5O2S/c1-4-24-23(25-13-12-19-16-31-17(3)28-19)27-15-18-10-11-22(26-14-18)30-21-9-7-6-8-20(21)29-5-2/h6-11,14,16H,4-5,12-13,15H2,1-3H3,(H2,24,25,27). The first kappa shape index (κ1) is 22.6. The maximum Gasteiger partial charge on any atom is 0.219 e. The third-order valence-corrected chi connectivity index (χ3v) is 5.09. The zero-order chi connectivity index (χ0) is 21.9. The van der Waals surface area contributed by atoms with Crippen LogP contribution in [0.5, 0.6) is 17.4 Å². The van der Waals surface area contributed by atoms with Crippen LogP contribution in [0.25, 0.3) is 0 Å². The molecule has 3 rings (SSSR count). The SMILES string of the molecule is CCNC(=NCc1ccc(Oc2ccccc2OCC)nc1)NCCc1csc(C)n1. The lowest BCUT2D eigenvalue weighted by molar-refractivity contribution is 0.319. The van der Waals surface area contributed by atoms with Gasteiger partial charge in [-0.25, -0.2) is 15.0 Å². The van der Waals surface area contributed by atoms with E-state index in [9.17, 15) is 0 Å². The number of benzene rings is 1. The number of pyridine rings is 1. The summed E-state index contributed by atoms with van der Waals surface area (Å²) in [5, 5.41) is 9.82. The lowest BCUT2D eigenvalue weighted by Crippen LogP contribution is -2.38. The van der Waals surface area contributed by atoms with E-state index >= 15 is 0 Å². The summed E-state index contributed by atoms with van der Waals surface area (Å²) in [6.45, 7) is 8.69. The van der Waals surface area contributed by atoms with Gasteiger partial charge in [0.2, 0.25) is 5.88 Å². The van der Waals surface area contributed by atoms with Crippen LogP contribution in [0.1, 0.15) is 30.1 Å². The van der Waals surface area contributed by atoms with Crippen molar-refractivity contribution in [2.45, 2.75) is 33.7 Å². The molecule has 0 aliphatic carbocycles. The molecule has 31 heavy (non-hydrogen) atoms. The summed E-state index contributed by atoms with van der Waals surface area (Å²) in [5.74, 6) is 2.65. The average Bonchev–Trinajstić information content (AvgIpc) is 3.19. The van der Waals surface area contributed by atoms with E-state index in [-0.39, 0.29) is 0 Å². The fourth-order valence-electron chi connectivity index (χ4n) is 2.83. The van der Waals surface area contributed by atoms with E-state index in [1.54, 1.807) is 17.5 Å². The molecule has 0 saturated heterocycles. The zero-order valence-corrected chi connectivity index (χ0v) is 19.0. The van der Waals surface area contributed by atoms with Gasteiger partial charge in [-0.05, 0) is 38.5 Å². The molecule has 0 fully saturated rings. The zero-order valence-electron chi connectivity index (χ0n) is 18.2. The first-order chi connectivity index (χ1) is 15.2. The summed E-state index contributed by atoms with van der Waals surface area (Å²) in [4.78, 5) is 13.5. The Balaban J connectivity index is 1.55. The van der Waals surface area contributed by atoms with Crippen LogP contribution in [0.4, 0.5) is 0 Å². The summed E-state index contributed by atoms with van der Waals surface area (Å²) in [6.07, 6.45) is 2.65. The van der Waals surface area contributed by atoms with Gasteiger partial charge < -0.3 is 20.1 Å². The minimum atomic E-state index is 0.517. The van der Waals surface area contributed by atoms with Crippen LogP contribution >= 0.6 is 11.3 Å². The summed E-state index contributed by atoms with van der Waals surface area (Å²) in [5.41, 5.74) is 2.11. The molecule has 0 aliphatic rings. The first-order valence-electron chi connectivity index (χ1n) is 10.5. The molecule has 0 radical (unpaired) electrons. The van der Waals surface area contributed by atoms with Gasteiger partial charge in [0.15, 0.2) is 17.5 Å². The van der Waals surface area contributed by atoms with Gasteiger partial charge in [-0.2, -0.15) is 0 Å². The minimum absolute atomic E-state index is 0.517. The average molecular weight is 440 g/mol. The van der Waals surface area contributed by atoms with Crippen LogP contribution in [-0.2, 0) is 13.0 Å². The molecule has 2 N–H and O–H groups in total. The highest BCUT2D eigenvalue weighted by molar-refractivity contribution is 7.09. The Labute approximate surface area is 187 Å². The molecule has 0 spiro atoms. The summed E-state index contributed by atoms with van der Waals surface area (Å²) < 4.78 is 11.5. The number of nitrogens with zero attached hydrogens (tertiary/aromatic N) is 3. The number of para-hydroxylation sites is 2. The molecule has 164 valence electrons. The molecule has 2 aromatic heterocycles. The Bertz CT molecular complexity index is 972. The predicted octanol–water partition coefficient (Wildman–Crippen LogP) is 4.34. The number of ether oxygens (including phenoxy) is 2. The van der Waals surface area contributed by atoms with Crippen LogP contribution in [-0.4, -0.2) is 35.6 Å². The van der Waals surface area contributed by atoms with Crippen LogP contribution in [0, 0.1) is 6.92 Å². The van der Waals surface area contributed by atoms with E-state index in [4.69, 9.17) is 9.47 Å². The fourth-order valence-corrected chi connectivity index (χ4v) is 3.48. The van der Waals surface area contributed by atoms with Crippen molar-refractivity contribution in [3.8, 4) is 17.4 Å². The van der Waals surface area contributed by atoms with Crippen molar-refractivity contribution in [3.63, 3.8) is 0 Å². The Morgan fingerprint density at radius 1 is 1.10 bits per heavy atom. The molecule has 3 aromatic rings. The molecule has 1 aromatic carbocycles. The summed E-state index contributed by atoms with van der Waals surface area (Å²) in [7, 11) is 0. The number of aliphatic imine (C=N–C) groups is 1. The van der Waals surface area contributed by atoms with Crippen molar-refractivity contribution in [1.82, 2.24) is 20.6 Å². The monoisotopic (exact) mass is 439 g/mol. The first-order valence-corrected chi connectivity index (χ1v) is 11.3. The molecule has 0 unspecified atom stereocenters. The van der Waals surface area contributed by atoms with Crippen molar-refractivity contribution >= 4 is 17.3 Å². The molecule has 0 amide bonds. The second kappa shape index (κ2) is 11.9. The van der Waals surface area contributed by atoms with Gasteiger partial charge in [-0.3, -0.25) is 0 Å². The van der Waals surface area contributed by atoms with Crippen molar-refractivity contribution in [3.05, 3.63) is 64.2 Å². The summed E-state index contributed by atoms with van der Waals surface area (Å²) in [6, 6.07) is 11.4. The maximum absolute atomic E-state index is 5.88. The summed E-state index contributed by atoms with van der Waals surface area (Å²) >= 11 is 1.68. The quantitative estimate of drug-likeness (QED) is 0.361. The predicted molar refractivity (Wildman–Crippen MR) is 125 cm³/mol. The van der Waals surface area contributed by atoms with E-state index in [1.807, 2.05) is 50.2 Å². The number of aromatic nitrogens is 2. The number of rotatable bonds is 10. The molecule has 2 heterocycles. The second-order valence-corrected chi connectivity index (χ2v) is 7.78. The number of hydrogen-bond donors (Lipinski definition) is 2. The third-order valence-electron chi connectivity index (χ3n) is 4.27. The van der Waals surface area contributed by atoms with Crippen molar-refractivity contribution in [2.75, 3.05) is 19.7 Å². The third kappa shape index (κ3) is 7.25. The van der Waals surface area contributed by atoms with Crippen LogP contribution in [0.2, 0.25) is 0 Å². The fraction of sp³-hybridized carbons (Fsp3) is 0.348. The van der Waals surface area contributed by atoms with Crippen molar-refractivity contribution < 1.29 is 9.47 Å². The van der Waals surface area contributed by atoms with Gasteiger partial charge in [0.05, 0.1) is 23.9 Å². The number of hydrogen-bond acceptors (Lipinski definition) is 6. The Morgan fingerprint density at radius 3 is 2.61 bits per heavy atom. The molecule has 7 nitrogen and oxygen atoms in total. The number of guanidine groups is 1. The van der Waals surface area contributed by atoms with Crippen molar-refractivity contribution in [1.29, 1.82) is 0 Å². The van der Waals surface area contributed by atoms with Gasteiger partial charge in [0, 0.05) is 37.2 Å². The van der Waals surface area contributed by atoms with Crippen LogP contribution < -0.4 is 20.1 Å². The highest BCUT2D eigenvalue weighted by Crippen LogP contribution is 2.30. The van der Waals surface area contributed by atoms with Gasteiger partial charge in [0.25, 0.3) is 0 Å².